The number of ether oxygens (including phenoxy) is 1. The molecule has 2 aliphatic heterocycles. The Balaban J connectivity index is 1.43. The molecule has 0 radical (unpaired) electrons. The molecule has 32 heavy (non-hydrogen) atoms. The van der Waals surface area contributed by atoms with Gasteiger partial charge in [0.2, 0.25) is 0 Å². The van der Waals surface area contributed by atoms with Crippen molar-refractivity contribution in [2.75, 3.05) is 18.1 Å². The van der Waals surface area contributed by atoms with Crippen LogP contribution < -0.4 is 4.90 Å². The van der Waals surface area contributed by atoms with Crippen LogP contribution in [-0.2, 0) is 14.3 Å². The highest BCUT2D eigenvalue weighted by Crippen LogP contribution is 2.52. The fourth-order valence-corrected chi connectivity index (χ4v) is 6.27. The first-order valence-electron chi connectivity index (χ1n) is 11.0. The molecule has 2 fully saturated rings. The summed E-state index contributed by atoms with van der Waals surface area (Å²) in [6.45, 7) is 1.88. The number of hydrogen-bond acceptors (Lipinski definition) is 6. The zero-order valence-corrected chi connectivity index (χ0v) is 19.5. The number of rotatable bonds is 5. The van der Waals surface area contributed by atoms with Crippen LogP contribution in [-0.4, -0.2) is 40.3 Å². The Morgan fingerprint density at radius 2 is 2.03 bits per heavy atom. The fraction of sp³-hybridized carbons (Fsp3) is 0.320. The van der Waals surface area contributed by atoms with Gasteiger partial charge in [0.05, 0.1) is 11.5 Å². The van der Waals surface area contributed by atoms with Gasteiger partial charge in [0.15, 0.2) is 0 Å². The smallest absolute Gasteiger partial charge is 0.326 e. The van der Waals surface area contributed by atoms with Crippen molar-refractivity contribution in [2.45, 2.75) is 38.1 Å². The highest BCUT2D eigenvalue weighted by molar-refractivity contribution is 8.26. The summed E-state index contributed by atoms with van der Waals surface area (Å²) < 4.78 is 5.36. The third-order valence-electron chi connectivity index (χ3n) is 6.32. The van der Waals surface area contributed by atoms with E-state index in [4.69, 9.17) is 17.0 Å². The van der Waals surface area contributed by atoms with Crippen LogP contribution in [0.15, 0.2) is 53.4 Å². The van der Waals surface area contributed by atoms with Crippen molar-refractivity contribution in [3.63, 3.8) is 0 Å². The lowest BCUT2D eigenvalue weighted by molar-refractivity contribution is -0.145. The zero-order valence-electron chi connectivity index (χ0n) is 17.8. The summed E-state index contributed by atoms with van der Waals surface area (Å²) in [7, 11) is 0. The van der Waals surface area contributed by atoms with Gasteiger partial charge in [-0.3, -0.25) is 14.5 Å². The summed E-state index contributed by atoms with van der Waals surface area (Å²) >= 11 is 6.57. The van der Waals surface area contributed by atoms with E-state index >= 15 is 0 Å². The van der Waals surface area contributed by atoms with Gasteiger partial charge < -0.3 is 9.64 Å². The standard InChI is InChI=1S/C25H24N2O3S2/c1-2-30-23(28)15-26-24(29)22(32-25(26)31)14-16-11-12-21-19(13-16)18-9-6-10-20(18)27(21)17-7-4-3-5-8-17/h3-5,7-8,11-14,18,20H,2,6,9-10,15H2,1H3/b22-14+. The van der Waals surface area contributed by atoms with E-state index in [0.29, 0.717) is 21.2 Å². The number of thiocarbonyl (C=S) groups is 1. The van der Waals surface area contributed by atoms with Gasteiger partial charge >= 0.3 is 5.97 Å². The molecule has 0 spiro atoms. The van der Waals surface area contributed by atoms with E-state index in [9.17, 15) is 9.59 Å². The number of amides is 1. The summed E-state index contributed by atoms with van der Waals surface area (Å²) in [6, 6.07) is 17.5. The van der Waals surface area contributed by atoms with Crippen molar-refractivity contribution in [1.29, 1.82) is 0 Å². The minimum Gasteiger partial charge on any atom is -0.465 e. The van der Waals surface area contributed by atoms with Crippen LogP contribution in [0.4, 0.5) is 11.4 Å². The Bertz CT molecular complexity index is 1120. The molecular weight excluding hydrogens is 440 g/mol. The maximum atomic E-state index is 12.8. The van der Waals surface area contributed by atoms with Crippen LogP contribution in [0.1, 0.15) is 43.2 Å². The number of esters is 1. The summed E-state index contributed by atoms with van der Waals surface area (Å²) in [5, 5.41) is 0. The quantitative estimate of drug-likeness (QED) is 0.343. The van der Waals surface area contributed by atoms with Crippen molar-refractivity contribution in [1.82, 2.24) is 4.90 Å². The van der Waals surface area contributed by atoms with Gasteiger partial charge in [-0.05, 0) is 61.2 Å². The van der Waals surface area contributed by atoms with Gasteiger partial charge in [-0.2, -0.15) is 0 Å². The maximum absolute atomic E-state index is 12.8. The largest absolute Gasteiger partial charge is 0.465 e. The molecule has 3 aliphatic rings. The van der Waals surface area contributed by atoms with Gasteiger partial charge in [0, 0.05) is 23.3 Å². The molecule has 0 N–H and O–H groups in total. The highest BCUT2D eigenvalue weighted by Gasteiger charge is 2.42. The molecular formula is C25H24N2O3S2. The van der Waals surface area contributed by atoms with E-state index < -0.39 is 5.97 Å². The number of thioether (sulfide) groups is 1. The van der Waals surface area contributed by atoms with E-state index in [1.54, 1.807) is 6.92 Å². The Kier molecular flexibility index (Phi) is 5.78. The van der Waals surface area contributed by atoms with E-state index in [1.807, 2.05) is 12.1 Å². The third kappa shape index (κ3) is 3.73. The molecule has 2 atom stereocenters. The first-order valence-corrected chi connectivity index (χ1v) is 12.2. The molecule has 7 heteroatoms. The lowest BCUT2D eigenvalue weighted by Gasteiger charge is -2.27. The third-order valence-corrected chi connectivity index (χ3v) is 7.70. The number of carbonyl (C=O) groups excluding carboxylic acids is 2. The molecule has 5 nitrogen and oxygen atoms in total. The summed E-state index contributed by atoms with van der Waals surface area (Å²) in [5.41, 5.74) is 4.83. The summed E-state index contributed by atoms with van der Waals surface area (Å²) in [6.07, 6.45) is 5.50. The van der Waals surface area contributed by atoms with Crippen LogP contribution in [0.2, 0.25) is 0 Å². The molecule has 2 aromatic rings. The molecule has 2 unspecified atom stereocenters. The first kappa shape index (κ1) is 21.2. The van der Waals surface area contributed by atoms with E-state index in [1.165, 1.54) is 52.9 Å². The van der Waals surface area contributed by atoms with Crippen LogP contribution in [0.25, 0.3) is 6.08 Å². The molecule has 0 bridgehead atoms. The summed E-state index contributed by atoms with van der Waals surface area (Å²) in [4.78, 5) is 29.0. The number of hydrogen-bond donors (Lipinski definition) is 0. The van der Waals surface area contributed by atoms with Crippen LogP contribution in [0.5, 0.6) is 0 Å². The maximum Gasteiger partial charge on any atom is 0.326 e. The van der Waals surface area contributed by atoms with Gasteiger partial charge in [-0.1, -0.05) is 54.7 Å². The number of benzene rings is 2. The van der Waals surface area contributed by atoms with Crippen molar-refractivity contribution in [2.24, 2.45) is 0 Å². The van der Waals surface area contributed by atoms with Crippen LogP contribution in [0, 0.1) is 0 Å². The molecule has 5 rings (SSSR count). The zero-order chi connectivity index (χ0) is 22.2. The molecule has 0 aromatic heterocycles. The number of anilines is 2. The minimum absolute atomic E-state index is 0.143. The van der Waals surface area contributed by atoms with Gasteiger partial charge in [0.25, 0.3) is 5.91 Å². The topological polar surface area (TPSA) is 49.9 Å². The average Bonchev–Trinajstić information content (AvgIpc) is 3.44. The Labute approximate surface area is 197 Å². The molecule has 1 saturated heterocycles. The van der Waals surface area contributed by atoms with E-state index in [2.05, 4.69) is 47.4 Å². The molecule has 1 aliphatic carbocycles. The predicted molar refractivity (Wildman–Crippen MR) is 132 cm³/mol. The number of nitrogens with zero attached hydrogens (tertiary/aromatic N) is 2. The summed E-state index contributed by atoms with van der Waals surface area (Å²) in [5.74, 6) is -0.175. The lowest BCUT2D eigenvalue weighted by Crippen LogP contribution is -2.34. The Morgan fingerprint density at radius 1 is 1.22 bits per heavy atom. The van der Waals surface area contributed by atoms with Gasteiger partial charge in [-0.15, -0.1) is 0 Å². The fourth-order valence-electron chi connectivity index (χ4n) is 5.01. The number of para-hydroxylation sites is 1. The number of fused-ring (bicyclic) bond motifs is 3. The lowest BCUT2D eigenvalue weighted by atomic mass is 9.96. The SMILES string of the molecule is CCOC(=O)CN1C(=O)/C(=C\c2ccc3c(c2)C2CCCC2N3c2ccccc2)SC1=S. The van der Waals surface area contributed by atoms with E-state index in [-0.39, 0.29) is 19.1 Å². The molecule has 2 heterocycles. The van der Waals surface area contributed by atoms with E-state index in [0.717, 1.165) is 5.56 Å². The molecule has 2 aromatic carbocycles. The Morgan fingerprint density at radius 3 is 2.81 bits per heavy atom. The van der Waals surface area contributed by atoms with Crippen molar-refractivity contribution in [3.05, 3.63) is 64.6 Å². The number of carbonyl (C=O) groups is 2. The Hall–Kier alpha value is -2.64. The van der Waals surface area contributed by atoms with Gasteiger partial charge in [-0.25, -0.2) is 0 Å². The van der Waals surface area contributed by atoms with Crippen molar-refractivity contribution < 1.29 is 14.3 Å². The average molecular weight is 465 g/mol. The normalized spacial score (nSPS) is 23.1. The second kappa shape index (κ2) is 8.71. The molecule has 1 saturated carbocycles. The second-order valence-corrected chi connectivity index (χ2v) is 9.88. The minimum atomic E-state index is -0.448. The first-order chi connectivity index (χ1) is 15.6. The van der Waals surface area contributed by atoms with Gasteiger partial charge in [0.1, 0.15) is 10.9 Å². The molecule has 164 valence electrons. The monoisotopic (exact) mass is 464 g/mol. The second-order valence-electron chi connectivity index (χ2n) is 8.20. The van der Waals surface area contributed by atoms with Crippen LogP contribution in [0.3, 0.4) is 0 Å². The van der Waals surface area contributed by atoms with Crippen molar-refractivity contribution in [3.8, 4) is 0 Å². The predicted octanol–water partition coefficient (Wildman–Crippen LogP) is 5.24. The molecule has 1 amide bonds. The highest BCUT2D eigenvalue weighted by atomic mass is 32.2. The van der Waals surface area contributed by atoms with Crippen molar-refractivity contribution >= 4 is 57.6 Å². The van der Waals surface area contributed by atoms with Crippen LogP contribution >= 0.6 is 24.0 Å².